The molecule has 114 valence electrons. The van der Waals surface area contributed by atoms with Crippen LogP contribution in [0.15, 0.2) is 12.1 Å². The van der Waals surface area contributed by atoms with Crippen molar-refractivity contribution in [2.24, 2.45) is 0 Å². The van der Waals surface area contributed by atoms with Crippen LogP contribution in [0.3, 0.4) is 0 Å². The van der Waals surface area contributed by atoms with Crippen molar-refractivity contribution in [2.45, 2.75) is 0 Å². The fourth-order valence-electron chi connectivity index (χ4n) is 2.12. The lowest BCUT2D eigenvalue weighted by Gasteiger charge is -2.34. The summed E-state index contributed by atoms with van der Waals surface area (Å²) in [5, 5.41) is 8.73. The van der Waals surface area contributed by atoms with E-state index in [2.05, 4.69) is 0 Å². The van der Waals surface area contributed by atoms with Crippen molar-refractivity contribution in [3.05, 3.63) is 33.6 Å². The maximum Gasteiger partial charge on any atom is 0.255 e. The predicted molar refractivity (Wildman–Crippen MR) is 76.0 cm³/mol. The minimum Gasteiger partial charge on any atom is -0.387 e. The van der Waals surface area contributed by atoms with E-state index in [0.29, 0.717) is 26.2 Å². The van der Waals surface area contributed by atoms with E-state index in [1.165, 1.54) is 15.9 Å². The summed E-state index contributed by atoms with van der Waals surface area (Å²) in [5.41, 5.74) is 0.0421. The molecule has 0 spiro atoms. The number of aliphatic hydroxyl groups excluding tert-OH is 1. The van der Waals surface area contributed by atoms with E-state index < -0.39 is 18.3 Å². The summed E-state index contributed by atoms with van der Waals surface area (Å²) in [6.07, 6.45) is 0. The third-order valence-electron chi connectivity index (χ3n) is 3.30. The van der Waals surface area contributed by atoms with Gasteiger partial charge in [0.25, 0.3) is 5.91 Å². The monoisotopic (exact) mass is 334 g/mol. The highest BCUT2D eigenvalue weighted by atomic mass is 35.5. The largest absolute Gasteiger partial charge is 0.387 e. The van der Waals surface area contributed by atoms with E-state index >= 15 is 0 Å². The molecule has 0 aliphatic carbocycles. The minimum absolute atomic E-state index is 0.0421. The summed E-state index contributed by atoms with van der Waals surface area (Å²) in [6.45, 7) is 0.677. The van der Waals surface area contributed by atoms with Gasteiger partial charge in [0.2, 0.25) is 5.91 Å². The first-order valence-corrected chi connectivity index (χ1v) is 7.02. The van der Waals surface area contributed by atoms with E-state index in [9.17, 15) is 14.0 Å². The van der Waals surface area contributed by atoms with Crippen LogP contribution < -0.4 is 0 Å². The number of aliphatic hydroxyl groups is 1. The summed E-state index contributed by atoms with van der Waals surface area (Å²) >= 11 is 11.5. The van der Waals surface area contributed by atoms with Crippen LogP contribution in [0.2, 0.25) is 10.0 Å². The summed E-state index contributed by atoms with van der Waals surface area (Å²) in [7, 11) is 0. The van der Waals surface area contributed by atoms with Crippen LogP contribution in [-0.4, -0.2) is 59.5 Å². The topological polar surface area (TPSA) is 60.9 Å². The third-order valence-corrected chi connectivity index (χ3v) is 3.90. The van der Waals surface area contributed by atoms with Gasteiger partial charge in [0.05, 0.1) is 15.6 Å². The molecule has 21 heavy (non-hydrogen) atoms. The van der Waals surface area contributed by atoms with Gasteiger partial charge in [0.1, 0.15) is 12.4 Å². The Morgan fingerprint density at radius 3 is 2.24 bits per heavy atom. The molecule has 0 aromatic heterocycles. The molecule has 1 fully saturated rings. The molecular weight excluding hydrogens is 322 g/mol. The van der Waals surface area contributed by atoms with Gasteiger partial charge < -0.3 is 14.9 Å². The Morgan fingerprint density at radius 1 is 1.10 bits per heavy atom. The van der Waals surface area contributed by atoms with Crippen LogP contribution in [0.25, 0.3) is 0 Å². The summed E-state index contributed by atoms with van der Waals surface area (Å²) < 4.78 is 13.5. The van der Waals surface area contributed by atoms with Gasteiger partial charge in [-0.1, -0.05) is 23.2 Å². The number of carbonyl (C=O) groups is 2. The molecule has 1 heterocycles. The fourth-order valence-corrected chi connectivity index (χ4v) is 2.58. The van der Waals surface area contributed by atoms with Gasteiger partial charge in [-0.3, -0.25) is 9.59 Å². The van der Waals surface area contributed by atoms with Crippen molar-refractivity contribution in [3.63, 3.8) is 0 Å². The Balaban J connectivity index is 2.09. The molecule has 1 N–H and O–H groups in total. The number of halogens is 3. The highest BCUT2D eigenvalue weighted by Gasteiger charge is 2.26. The second kappa shape index (κ2) is 6.60. The van der Waals surface area contributed by atoms with Gasteiger partial charge in [-0.05, 0) is 12.1 Å². The van der Waals surface area contributed by atoms with E-state index in [4.69, 9.17) is 28.3 Å². The van der Waals surface area contributed by atoms with E-state index in [1.807, 2.05) is 0 Å². The van der Waals surface area contributed by atoms with Crippen molar-refractivity contribution in [3.8, 4) is 0 Å². The Bertz CT molecular complexity index is 575. The molecule has 0 saturated carbocycles. The molecule has 1 aromatic carbocycles. The molecule has 5 nitrogen and oxygen atoms in total. The quantitative estimate of drug-likeness (QED) is 0.832. The molecule has 0 bridgehead atoms. The molecule has 1 saturated heterocycles. The predicted octanol–water partition coefficient (Wildman–Crippen LogP) is 1.41. The zero-order chi connectivity index (χ0) is 15.6. The van der Waals surface area contributed by atoms with Crippen molar-refractivity contribution in [1.29, 1.82) is 0 Å². The number of amides is 2. The average molecular weight is 335 g/mol. The summed E-state index contributed by atoms with van der Waals surface area (Å²) in [4.78, 5) is 26.6. The maximum atomic E-state index is 13.5. The van der Waals surface area contributed by atoms with Crippen LogP contribution in [0.5, 0.6) is 0 Å². The zero-order valence-corrected chi connectivity index (χ0v) is 12.5. The van der Waals surface area contributed by atoms with Gasteiger partial charge in [0.15, 0.2) is 0 Å². The molecule has 0 atom stereocenters. The maximum absolute atomic E-state index is 13.5. The van der Waals surface area contributed by atoms with Crippen LogP contribution in [0.1, 0.15) is 10.4 Å². The molecule has 0 radical (unpaired) electrons. The molecule has 1 aromatic rings. The standard InChI is InChI=1S/C13H13Cl2FN2O3/c14-9-6-10(15)11(16)5-8(9)13(21)18-3-1-17(2-4-18)12(20)7-19/h5-6,19H,1-4,7H2. The first-order chi connectivity index (χ1) is 9.93. The van der Waals surface area contributed by atoms with Gasteiger partial charge in [0, 0.05) is 26.2 Å². The Morgan fingerprint density at radius 2 is 1.67 bits per heavy atom. The summed E-state index contributed by atoms with van der Waals surface area (Å²) in [5.74, 6) is -1.50. The van der Waals surface area contributed by atoms with Crippen LogP contribution in [0.4, 0.5) is 4.39 Å². The number of carbonyl (C=O) groups excluding carboxylic acids is 2. The molecule has 8 heteroatoms. The van der Waals surface area contributed by atoms with Crippen molar-refractivity contribution >= 4 is 35.0 Å². The fraction of sp³-hybridized carbons (Fsp3) is 0.385. The Kier molecular flexibility index (Phi) is 5.03. The third kappa shape index (κ3) is 3.45. The van der Waals surface area contributed by atoms with Gasteiger partial charge in [-0.25, -0.2) is 4.39 Å². The number of hydrogen-bond acceptors (Lipinski definition) is 3. The van der Waals surface area contributed by atoms with Gasteiger partial charge >= 0.3 is 0 Å². The second-order valence-corrected chi connectivity index (χ2v) is 5.39. The molecular formula is C13H13Cl2FN2O3. The number of nitrogens with zero attached hydrogens (tertiary/aromatic N) is 2. The highest BCUT2D eigenvalue weighted by molar-refractivity contribution is 6.36. The molecule has 0 unspecified atom stereocenters. The first kappa shape index (κ1) is 16.0. The van der Waals surface area contributed by atoms with Crippen molar-refractivity contribution in [1.82, 2.24) is 9.80 Å². The number of rotatable bonds is 2. The number of piperazine rings is 1. The average Bonchev–Trinajstić information content (AvgIpc) is 2.49. The zero-order valence-electron chi connectivity index (χ0n) is 11.0. The molecule has 2 rings (SSSR count). The van der Waals surface area contributed by atoms with E-state index in [-0.39, 0.29) is 21.5 Å². The van der Waals surface area contributed by atoms with E-state index in [1.54, 1.807) is 0 Å². The summed E-state index contributed by atoms with van der Waals surface area (Å²) in [6, 6.07) is 2.20. The Hall–Kier alpha value is -1.37. The van der Waals surface area contributed by atoms with Gasteiger partial charge in [-0.2, -0.15) is 0 Å². The van der Waals surface area contributed by atoms with Crippen molar-refractivity contribution in [2.75, 3.05) is 32.8 Å². The lowest BCUT2D eigenvalue weighted by atomic mass is 10.1. The Labute approximate surface area is 130 Å². The highest BCUT2D eigenvalue weighted by Crippen LogP contribution is 2.25. The molecule has 1 aliphatic rings. The molecule has 1 aliphatic heterocycles. The van der Waals surface area contributed by atoms with E-state index in [0.717, 1.165) is 6.07 Å². The lowest BCUT2D eigenvalue weighted by molar-refractivity contribution is -0.135. The number of benzene rings is 1. The SMILES string of the molecule is O=C(CO)N1CCN(C(=O)c2cc(F)c(Cl)cc2Cl)CC1. The van der Waals surface area contributed by atoms with Gasteiger partial charge in [-0.15, -0.1) is 0 Å². The lowest BCUT2D eigenvalue weighted by Crippen LogP contribution is -2.51. The second-order valence-electron chi connectivity index (χ2n) is 4.58. The van der Waals surface area contributed by atoms with Crippen molar-refractivity contribution < 1.29 is 19.1 Å². The number of hydrogen-bond donors (Lipinski definition) is 1. The van der Waals surface area contributed by atoms with Crippen LogP contribution >= 0.6 is 23.2 Å². The minimum atomic E-state index is -0.710. The normalized spacial score (nSPS) is 15.2. The van der Waals surface area contributed by atoms with Crippen LogP contribution in [-0.2, 0) is 4.79 Å². The molecule has 2 amide bonds. The first-order valence-electron chi connectivity index (χ1n) is 6.26. The van der Waals surface area contributed by atoms with Crippen LogP contribution in [0, 0.1) is 5.82 Å². The smallest absolute Gasteiger partial charge is 0.255 e.